The van der Waals surface area contributed by atoms with Crippen LogP contribution in [0.5, 0.6) is 0 Å². The number of amides is 1. The van der Waals surface area contributed by atoms with Gasteiger partial charge >= 0.3 is 11.9 Å². The highest BCUT2D eigenvalue weighted by Gasteiger charge is 2.12. The maximum absolute atomic E-state index is 12.1. The Morgan fingerprint density at radius 3 is 2.20 bits per heavy atom. The van der Waals surface area contributed by atoms with Gasteiger partial charge in [-0.1, -0.05) is 0 Å². The topological polar surface area (TPSA) is 125 Å². The molecule has 1 amide bonds. The maximum Gasteiger partial charge on any atom is 0.338 e. The summed E-state index contributed by atoms with van der Waals surface area (Å²) in [6.07, 6.45) is 1.21. The molecular weight excluding hydrogens is 390 g/mol. The maximum atomic E-state index is 12.1. The number of ether oxygens (including phenoxy) is 2. The Balaban J connectivity index is 1.49. The number of hydrogen-bond acceptors (Lipinski definition) is 8. The van der Waals surface area contributed by atoms with Crippen LogP contribution in [0, 0.1) is 0 Å². The molecule has 1 heterocycles. The van der Waals surface area contributed by atoms with Crippen LogP contribution in [0.2, 0.25) is 0 Å². The first kappa shape index (κ1) is 20.6. The van der Waals surface area contributed by atoms with Crippen molar-refractivity contribution in [3.8, 4) is 5.69 Å². The summed E-state index contributed by atoms with van der Waals surface area (Å²) in [7, 11) is 0. The van der Waals surface area contributed by atoms with Gasteiger partial charge in [0, 0.05) is 5.69 Å². The Morgan fingerprint density at radius 2 is 1.60 bits per heavy atom. The number of benzene rings is 2. The molecule has 0 bridgehead atoms. The third-order valence-corrected chi connectivity index (χ3v) is 3.80. The molecule has 1 N–H and O–H groups in total. The van der Waals surface area contributed by atoms with E-state index in [-0.39, 0.29) is 11.7 Å². The number of hydrogen-bond donors (Lipinski definition) is 1. The summed E-state index contributed by atoms with van der Waals surface area (Å²) in [5, 5.41) is 13.4. The van der Waals surface area contributed by atoms with Crippen molar-refractivity contribution in [1.82, 2.24) is 20.2 Å². The number of esters is 2. The SMILES string of the molecule is CC(C)OC(=O)c1ccc(NC(=O)COC(=O)c2ccc(-n3cnnn3)cc2)cc1. The highest BCUT2D eigenvalue weighted by Crippen LogP contribution is 2.12. The summed E-state index contributed by atoms with van der Waals surface area (Å²) < 4.78 is 11.6. The third kappa shape index (κ3) is 5.47. The third-order valence-electron chi connectivity index (χ3n) is 3.80. The predicted molar refractivity (Wildman–Crippen MR) is 105 cm³/mol. The van der Waals surface area contributed by atoms with Crippen molar-refractivity contribution in [2.45, 2.75) is 20.0 Å². The minimum Gasteiger partial charge on any atom is -0.459 e. The molecule has 154 valence electrons. The van der Waals surface area contributed by atoms with Crippen LogP contribution in [-0.2, 0) is 14.3 Å². The van der Waals surface area contributed by atoms with Gasteiger partial charge in [-0.3, -0.25) is 4.79 Å². The second kappa shape index (κ2) is 9.41. The van der Waals surface area contributed by atoms with Gasteiger partial charge in [-0.05, 0) is 72.8 Å². The largest absolute Gasteiger partial charge is 0.459 e. The van der Waals surface area contributed by atoms with E-state index in [1.54, 1.807) is 62.4 Å². The average Bonchev–Trinajstić information content (AvgIpc) is 3.27. The van der Waals surface area contributed by atoms with Crippen molar-refractivity contribution < 1.29 is 23.9 Å². The molecular formula is C20H19N5O5. The number of nitrogens with one attached hydrogen (secondary N) is 1. The summed E-state index contributed by atoms with van der Waals surface area (Å²) in [6.45, 7) is 3.07. The highest BCUT2D eigenvalue weighted by atomic mass is 16.5. The van der Waals surface area contributed by atoms with Crippen molar-refractivity contribution in [3.63, 3.8) is 0 Å². The van der Waals surface area contributed by atoms with E-state index in [1.165, 1.54) is 11.0 Å². The van der Waals surface area contributed by atoms with Gasteiger partial charge in [0.1, 0.15) is 6.33 Å². The molecule has 30 heavy (non-hydrogen) atoms. The van der Waals surface area contributed by atoms with Gasteiger partial charge in [0.25, 0.3) is 5.91 Å². The highest BCUT2D eigenvalue weighted by molar-refractivity contribution is 5.96. The van der Waals surface area contributed by atoms with Crippen LogP contribution in [0.3, 0.4) is 0 Å². The Kier molecular flexibility index (Phi) is 6.48. The molecule has 0 aliphatic rings. The summed E-state index contributed by atoms with van der Waals surface area (Å²) in [5.74, 6) is -1.59. The zero-order valence-electron chi connectivity index (χ0n) is 16.3. The van der Waals surface area contributed by atoms with Crippen molar-refractivity contribution in [1.29, 1.82) is 0 Å². The normalized spacial score (nSPS) is 10.5. The number of carbonyl (C=O) groups excluding carboxylic acids is 3. The van der Waals surface area contributed by atoms with E-state index >= 15 is 0 Å². The molecule has 0 aliphatic carbocycles. The molecule has 10 heteroatoms. The summed E-state index contributed by atoms with van der Waals surface area (Å²) in [5.41, 5.74) is 1.80. The molecule has 2 aromatic carbocycles. The molecule has 0 spiro atoms. The summed E-state index contributed by atoms with van der Waals surface area (Å²) >= 11 is 0. The fourth-order valence-electron chi connectivity index (χ4n) is 2.41. The van der Waals surface area contributed by atoms with Gasteiger partial charge in [-0.2, -0.15) is 0 Å². The summed E-state index contributed by atoms with van der Waals surface area (Å²) in [4.78, 5) is 35.9. The molecule has 1 aromatic heterocycles. The quantitative estimate of drug-likeness (QED) is 0.588. The zero-order chi connectivity index (χ0) is 21.5. The molecule has 0 fully saturated rings. The van der Waals surface area contributed by atoms with Gasteiger partial charge in [0.2, 0.25) is 0 Å². The van der Waals surface area contributed by atoms with E-state index in [9.17, 15) is 14.4 Å². The van der Waals surface area contributed by atoms with Crippen LogP contribution in [0.4, 0.5) is 5.69 Å². The van der Waals surface area contributed by atoms with Crippen molar-refractivity contribution in [3.05, 3.63) is 66.0 Å². The number of tetrazole rings is 1. The van der Waals surface area contributed by atoms with Crippen LogP contribution in [0.15, 0.2) is 54.9 Å². The smallest absolute Gasteiger partial charge is 0.338 e. The molecule has 0 saturated carbocycles. The van der Waals surface area contributed by atoms with E-state index < -0.39 is 24.5 Å². The Hall–Kier alpha value is -4.08. The second-order valence-corrected chi connectivity index (χ2v) is 6.46. The minimum atomic E-state index is -0.639. The van der Waals surface area contributed by atoms with E-state index in [0.29, 0.717) is 16.9 Å². The van der Waals surface area contributed by atoms with Crippen molar-refractivity contribution in [2.75, 3.05) is 11.9 Å². The van der Waals surface area contributed by atoms with Crippen LogP contribution >= 0.6 is 0 Å². The molecule has 0 atom stereocenters. The average molecular weight is 409 g/mol. The number of carbonyl (C=O) groups is 3. The lowest BCUT2D eigenvalue weighted by atomic mass is 10.2. The van der Waals surface area contributed by atoms with Crippen LogP contribution in [0.1, 0.15) is 34.6 Å². The molecule has 3 aromatic rings. The van der Waals surface area contributed by atoms with Gasteiger partial charge in [-0.25, -0.2) is 14.3 Å². The van der Waals surface area contributed by atoms with Crippen LogP contribution in [-0.4, -0.2) is 50.8 Å². The number of aromatic nitrogens is 4. The Bertz CT molecular complexity index is 1010. The van der Waals surface area contributed by atoms with Crippen molar-refractivity contribution >= 4 is 23.5 Å². The number of nitrogens with zero attached hydrogens (tertiary/aromatic N) is 4. The van der Waals surface area contributed by atoms with Gasteiger partial charge in [0.05, 0.1) is 22.9 Å². The van der Waals surface area contributed by atoms with Gasteiger partial charge in [-0.15, -0.1) is 5.10 Å². The lowest BCUT2D eigenvalue weighted by Crippen LogP contribution is -2.21. The number of rotatable bonds is 7. The first-order valence-electron chi connectivity index (χ1n) is 9.04. The number of anilines is 1. The van der Waals surface area contributed by atoms with Crippen LogP contribution in [0.25, 0.3) is 5.69 Å². The Morgan fingerprint density at radius 1 is 0.967 bits per heavy atom. The van der Waals surface area contributed by atoms with E-state index in [2.05, 4.69) is 20.8 Å². The monoisotopic (exact) mass is 409 g/mol. The molecule has 0 unspecified atom stereocenters. The lowest BCUT2D eigenvalue weighted by Gasteiger charge is -2.09. The standard InChI is InChI=1S/C20H19N5O5/c1-13(2)30-20(28)15-3-7-16(8-4-15)22-18(26)11-29-19(27)14-5-9-17(10-6-14)25-12-21-23-24-25/h3-10,12-13H,11H2,1-2H3,(H,22,26). The first-order valence-corrected chi connectivity index (χ1v) is 9.04. The van der Waals surface area contributed by atoms with E-state index in [0.717, 1.165) is 0 Å². The zero-order valence-corrected chi connectivity index (χ0v) is 16.3. The van der Waals surface area contributed by atoms with Crippen LogP contribution < -0.4 is 5.32 Å². The van der Waals surface area contributed by atoms with Crippen molar-refractivity contribution in [2.24, 2.45) is 0 Å². The first-order chi connectivity index (χ1) is 14.4. The minimum absolute atomic E-state index is 0.220. The molecule has 10 nitrogen and oxygen atoms in total. The predicted octanol–water partition coefficient (Wildman–Crippen LogP) is 2.02. The molecule has 0 radical (unpaired) electrons. The van der Waals surface area contributed by atoms with E-state index in [4.69, 9.17) is 9.47 Å². The van der Waals surface area contributed by atoms with Gasteiger partial charge < -0.3 is 14.8 Å². The molecule has 0 aliphatic heterocycles. The molecule has 0 saturated heterocycles. The Labute approximate surface area is 171 Å². The summed E-state index contributed by atoms with van der Waals surface area (Å²) in [6, 6.07) is 12.6. The fourth-order valence-corrected chi connectivity index (χ4v) is 2.41. The fraction of sp³-hybridized carbons (Fsp3) is 0.200. The second-order valence-electron chi connectivity index (χ2n) is 6.46. The van der Waals surface area contributed by atoms with E-state index in [1.807, 2.05) is 0 Å². The van der Waals surface area contributed by atoms with Gasteiger partial charge in [0.15, 0.2) is 6.61 Å². The molecule has 3 rings (SSSR count). The lowest BCUT2D eigenvalue weighted by molar-refractivity contribution is -0.119.